The van der Waals surface area contributed by atoms with Crippen molar-refractivity contribution >= 4 is 11.9 Å². The minimum atomic E-state index is -2.69. The zero-order valence-electron chi connectivity index (χ0n) is 5.94. The summed E-state index contributed by atoms with van der Waals surface area (Å²) < 4.78 is 0. The zero-order chi connectivity index (χ0) is 8.31. The Labute approximate surface area is 100 Å². The van der Waals surface area contributed by atoms with Crippen LogP contribution < -0.4 is 44.9 Å². The summed E-state index contributed by atoms with van der Waals surface area (Å²) in [4.78, 5) is 19.2. The average molecular weight is 234 g/mol. The molecule has 0 heterocycles. The van der Waals surface area contributed by atoms with E-state index in [0.717, 1.165) is 0 Å². The van der Waals surface area contributed by atoms with Crippen LogP contribution in [-0.4, -0.2) is 29.3 Å². The van der Waals surface area contributed by atoms with Gasteiger partial charge in [-0.15, -0.1) is 0 Å². The molecule has 1 N–H and O–H groups in total. The van der Waals surface area contributed by atoms with Gasteiger partial charge in [0.25, 0.3) is 0 Å². The molecule has 0 aliphatic carbocycles. The monoisotopic (exact) mass is 233 g/mol. The first-order valence-electron chi connectivity index (χ1n) is 2.22. The Morgan fingerprint density at radius 3 is 1.58 bits per heavy atom. The number of aliphatic carboxylic acids is 2. The Hall–Kier alpha value is 0.379. The van der Waals surface area contributed by atoms with Gasteiger partial charge in [0, 0.05) is 5.97 Å². The number of carboxylic acids is 2. The molecular weight excluding hydrogens is 231 g/mol. The molecule has 2 unspecified atom stereocenters. The average Bonchev–Trinajstić information content (AvgIpc) is 1.84. The molecule has 0 aliphatic heterocycles. The molecule has 0 saturated carbocycles. The van der Waals surface area contributed by atoms with Crippen LogP contribution >= 0.6 is 0 Å². The first-order valence-corrected chi connectivity index (χ1v) is 2.22. The largest absolute Gasteiger partial charge is 2.00 e. The Morgan fingerprint density at radius 2 is 1.50 bits per heavy atom. The van der Waals surface area contributed by atoms with Crippen LogP contribution in [0.1, 0.15) is 0 Å². The molecular formula is C4H3CuNaO6. The number of hydrogen-bond acceptors (Lipinski definition) is 6. The van der Waals surface area contributed by atoms with Crippen molar-refractivity contribution in [3.8, 4) is 0 Å². The van der Waals surface area contributed by atoms with Crippen LogP contribution in [0, 0.1) is 0 Å². The predicted octanol–water partition coefficient (Wildman–Crippen LogP) is -8.42. The molecule has 0 saturated heterocycles. The second-order valence-electron chi connectivity index (χ2n) is 1.50. The summed E-state index contributed by atoms with van der Waals surface area (Å²) in [6.45, 7) is 0. The smallest absolute Gasteiger partial charge is 0.846 e. The molecule has 0 bridgehead atoms. The van der Waals surface area contributed by atoms with Gasteiger partial charge in [0.1, 0.15) is 0 Å². The van der Waals surface area contributed by atoms with E-state index >= 15 is 0 Å². The van der Waals surface area contributed by atoms with E-state index in [1.165, 1.54) is 0 Å². The summed E-state index contributed by atoms with van der Waals surface area (Å²) in [6.07, 6.45) is -5.24. The minimum absolute atomic E-state index is 0. The molecule has 0 rings (SSSR count). The molecule has 0 aliphatic rings. The third kappa shape index (κ3) is 5.96. The topological polar surface area (TPSA) is 124 Å². The summed E-state index contributed by atoms with van der Waals surface area (Å²) in [7, 11) is 0. The summed E-state index contributed by atoms with van der Waals surface area (Å²) >= 11 is 0. The second kappa shape index (κ2) is 8.00. The van der Waals surface area contributed by atoms with Crippen LogP contribution in [0.2, 0.25) is 0 Å². The molecule has 0 aromatic heterocycles. The van der Waals surface area contributed by atoms with Gasteiger partial charge in [-0.05, 0) is 0 Å². The number of carbonyl (C=O) groups excluding carboxylic acids is 2. The fourth-order valence-electron chi connectivity index (χ4n) is 0.252. The van der Waals surface area contributed by atoms with E-state index in [4.69, 9.17) is 5.11 Å². The first kappa shape index (κ1) is 18.2. The Morgan fingerprint density at radius 1 is 1.17 bits per heavy atom. The van der Waals surface area contributed by atoms with Crippen molar-refractivity contribution in [3.63, 3.8) is 0 Å². The molecule has 12 heavy (non-hydrogen) atoms. The fraction of sp³-hybridized carbons (Fsp3) is 0.500. The quantitative estimate of drug-likeness (QED) is 0.483. The van der Waals surface area contributed by atoms with Crippen LogP contribution in [-0.2, 0) is 26.7 Å². The van der Waals surface area contributed by atoms with Crippen LogP contribution in [0.5, 0.6) is 0 Å². The van der Waals surface area contributed by atoms with Gasteiger partial charge in [-0.25, -0.2) is 0 Å². The molecule has 8 heteroatoms. The molecule has 67 valence electrons. The van der Waals surface area contributed by atoms with Crippen molar-refractivity contribution in [1.29, 1.82) is 0 Å². The molecule has 2 atom stereocenters. The van der Waals surface area contributed by atoms with Crippen molar-refractivity contribution in [2.45, 2.75) is 12.2 Å². The number of aliphatic hydroxyl groups excluding tert-OH is 1. The van der Waals surface area contributed by atoms with Gasteiger partial charge < -0.3 is 30.0 Å². The molecule has 6 nitrogen and oxygen atoms in total. The van der Waals surface area contributed by atoms with E-state index in [1.54, 1.807) is 0 Å². The third-order valence-electron chi connectivity index (χ3n) is 0.761. The predicted molar refractivity (Wildman–Crippen MR) is 19.8 cm³/mol. The van der Waals surface area contributed by atoms with Gasteiger partial charge in [0.2, 0.25) is 0 Å². The van der Waals surface area contributed by atoms with E-state index in [9.17, 15) is 24.9 Å². The molecule has 0 spiro atoms. The van der Waals surface area contributed by atoms with Gasteiger partial charge in [-0.1, -0.05) is 6.10 Å². The number of rotatable bonds is 3. The molecule has 1 radical (unpaired) electrons. The van der Waals surface area contributed by atoms with Gasteiger partial charge in [0.05, 0.1) is 12.1 Å². The van der Waals surface area contributed by atoms with Crippen LogP contribution in [0.25, 0.3) is 0 Å². The maximum Gasteiger partial charge on any atom is 2.00 e. The van der Waals surface area contributed by atoms with Crippen LogP contribution in [0.15, 0.2) is 0 Å². The summed E-state index contributed by atoms with van der Waals surface area (Å²) in [5.41, 5.74) is 0. The summed E-state index contributed by atoms with van der Waals surface area (Å²) in [5.74, 6) is -4.29. The fourth-order valence-corrected chi connectivity index (χ4v) is 0.252. The van der Waals surface area contributed by atoms with E-state index in [1.807, 2.05) is 0 Å². The van der Waals surface area contributed by atoms with Crippen LogP contribution in [0.3, 0.4) is 0 Å². The normalized spacial score (nSPS) is 13.2. The van der Waals surface area contributed by atoms with Crippen molar-refractivity contribution < 1.29 is 76.6 Å². The van der Waals surface area contributed by atoms with Gasteiger partial charge >= 0.3 is 46.6 Å². The number of carboxylic acid groups (broad SMARTS) is 2. The van der Waals surface area contributed by atoms with E-state index in [2.05, 4.69) is 0 Å². The summed E-state index contributed by atoms with van der Waals surface area (Å²) in [6, 6.07) is 0. The SMILES string of the molecule is O=C([O-])C([O-])C(O)C(=O)[O-].[Cu+2].[Na+]. The first-order chi connectivity index (χ1) is 4.46. The third-order valence-corrected chi connectivity index (χ3v) is 0.761. The molecule has 0 fully saturated rings. The second-order valence-corrected chi connectivity index (χ2v) is 1.50. The summed E-state index contributed by atoms with van der Waals surface area (Å²) in [5, 5.41) is 37.4. The van der Waals surface area contributed by atoms with Gasteiger partial charge in [0.15, 0.2) is 0 Å². The molecule has 0 aromatic carbocycles. The van der Waals surface area contributed by atoms with Gasteiger partial charge in [-0.2, -0.15) is 0 Å². The Balaban J connectivity index is -0.000000405. The van der Waals surface area contributed by atoms with Crippen molar-refractivity contribution in [2.75, 3.05) is 0 Å². The molecule has 0 amide bonds. The minimum Gasteiger partial charge on any atom is -0.846 e. The number of carbonyl (C=O) groups is 2. The van der Waals surface area contributed by atoms with Crippen molar-refractivity contribution in [1.82, 2.24) is 0 Å². The van der Waals surface area contributed by atoms with Crippen molar-refractivity contribution in [2.24, 2.45) is 0 Å². The zero-order valence-corrected chi connectivity index (χ0v) is 8.89. The van der Waals surface area contributed by atoms with E-state index in [0.29, 0.717) is 0 Å². The Bertz CT molecular complexity index is 144. The Kier molecular flexibility index (Phi) is 12.1. The standard InChI is InChI=1S/C4H5O6.Cu.Na/c5-1(3(7)8)2(6)4(9)10;;/h1-2,5H,(H,7,8)(H,9,10);;/q-1;+2;+1/p-2. The molecule has 0 aromatic rings. The van der Waals surface area contributed by atoms with Crippen LogP contribution in [0.4, 0.5) is 0 Å². The van der Waals surface area contributed by atoms with Crippen molar-refractivity contribution in [3.05, 3.63) is 0 Å². The maximum atomic E-state index is 10.0. The maximum absolute atomic E-state index is 10.0. The van der Waals surface area contributed by atoms with Gasteiger partial charge in [-0.3, -0.25) is 0 Å². The van der Waals surface area contributed by atoms with E-state index in [-0.39, 0.29) is 46.6 Å². The number of hydrogen-bond donors (Lipinski definition) is 1. The number of aliphatic hydroxyl groups is 1. The van der Waals surface area contributed by atoms with E-state index < -0.39 is 24.1 Å².